The van der Waals surface area contributed by atoms with Crippen LogP contribution in [0.5, 0.6) is 0 Å². The second kappa shape index (κ2) is 6.88. The molecule has 0 aromatic heterocycles. The topological polar surface area (TPSA) is 24.5 Å². The molecule has 4 unspecified atom stereocenters. The Morgan fingerprint density at radius 1 is 1.28 bits per heavy atom. The van der Waals surface area contributed by atoms with Crippen molar-refractivity contribution in [3.05, 3.63) is 0 Å². The first-order valence-electron chi connectivity index (χ1n) is 7.79. The van der Waals surface area contributed by atoms with Crippen molar-refractivity contribution in [2.75, 3.05) is 26.3 Å². The molecule has 3 heteroatoms. The maximum absolute atomic E-state index is 5.74. The maximum Gasteiger partial charge on any atom is 0.0637 e. The Balaban J connectivity index is 1.94. The molecule has 0 aromatic rings. The van der Waals surface area contributed by atoms with Gasteiger partial charge in [0.05, 0.1) is 6.61 Å². The molecule has 0 aliphatic carbocycles. The Morgan fingerprint density at radius 3 is 2.83 bits per heavy atom. The summed E-state index contributed by atoms with van der Waals surface area (Å²) in [6, 6.07) is 1.94. The third kappa shape index (κ3) is 3.46. The van der Waals surface area contributed by atoms with Crippen molar-refractivity contribution in [2.45, 2.75) is 64.6 Å². The minimum atomic E-state index is 0.591. The number of likely N-dealkylation sites (tertiary alicyclic amines) is 1. The van der Waals surface area contributed by atoms with Gasteiger partial charge in [-0.2, -0.15) is 0 Å². The minimum Gasteiger partial charge on any atom is -0.380 e. The highest BCUT2D eigenvalue weighted by Crippen LogP contribution is 2.27. The fourth-order valence-electron chi connectivity index (χ4n) is 3.54. The molecule has 106 valence electrons. The van der Waals surface area contributed by atoms with Crippen LogP contribution >= 0.6 is 0 Å². The Hall–Kier alpha value is -0.120. The molecule has 4 atom stereocenters. The van der Waals surface area contributed by atoms with Crippen LogP contribution < -0.4 is 5.32 Å². The molecule has 3 nitrogen and oxygen atoms in total. The van der Waals surface area contributed by atoms with Crippen LogP contribution in [0.3, 0.4) is 0 Å². The number of hydrogen-bond donors (Lipinski definition) is 1. The summed E-state index contributed by atoms with van der Waals surface area (Å²) in [4.78, 5) is 2.70. The predicted molar refractivity (Wildman–Crippen MR) is 75.9 cm³/mol. The minimum absolute atomic E-state index is 0.591. The quantitative estimate of drug-likeness (QED) is 0.833. The lowest BCUT2D eigenvalue weighted by Crippen LogP contribution is -2.59. The standard InChI is InChI=1S/C15H30N2O/c1-4-7-16-14-6-9-18-11-15(14)17-8-5-12(2)10-13(17)3/h12-16H,4-11H2,1-3H3. The van der Waals surface area contributed by atoms with Crippen LogP contribution in [0.25, 0.3) is 0 Å². The number of ether oxygens (including phenoxy) is 1. The molecule has 2 heterocycles. The molecular formula is C15H30N2O. The highest BCUT2D eigenvalue weighted by molar-refractivity contribution is 4.91. The van der Waals surface area contributed by atoms with Crippen LogP contribution in [0.4, 0.5) is 0 Å². The van der Waals surface area contributed by atoms with E-state index in [0.717, 1.165) is 25.7 Å². The first-order chi connectivity index (χ1) is 8.72. The molecule has 0 bridgehead atoms. The van der Waals surface area contributed by atoms with E-state index in [2.05, 4.69) is 31.0 Å². The largest absolute Gasteiger partial charge is 0.380 e. The van der Waals surface area contributed by atoms with E-state index in [0.29, 0.717) is 18.1 Å². The van der Waals surface area contributed by atoms with Crippen LogP contribution in [-0.4, -0.2) is 49.3 Å². The Bertz CT molecular complexity index is 247. The van der Waals surface area contributed by atoms with Crippen LogP contribution in [0, 0.1) is 5.92 Å². The molecule has 2 saturated heterocycles. The smallest absolute Gasteiger partial charge is 0.0637 e. The normalized spacial score (nSPS) is 38.8. The molecule has 0 aromatic carbocycles. The van der Waals surface area contributed by atoms with Gasteiger partial charge < -0.3 is 10.1 Å². The molecule has 2 aliphatic rings. The second-order valence-electron chi connectivity index (χ2n) is 6.21. The lowest BCUT2D eigenvalue weighted by molar-refractivity contribution is -0.0325. The van der Waals surface area contributed by atoms with Gasteiger partial charge in [0.15, 0.2) is 0 Å². The third-order valence-electron chi connectivity index (χ3n) is 4.60. The fraction of sp³-hybridized carbons (Fsp3) is 1.00. The molecule has 0 spiro atoms. The zero-order valence-electron chi connectivity index (χ0n) is 12.3. The second-order valence-corrected chi connectivity index (χ2v) is 6.21. The predicted octanol–water partition coefficient (Wildman–Crippen LogP) is 2.26. The Kier molecular flexibility index (Phi) is 5.46. The van der Waals surface area contributed by atoms with E-state index in [1.54, 1.807) is 0 Å². The third-order valence-corrected chi connectivity index (χ3v) is 4.60. The molecule has 0 amide bonds. The summed E-state index contributed by atoms with van der Waals surface area (Å²) in [5, 5.41) is 3.73. The summed E-state index contributed by atoms with van der Waals surface area (Å²) >= 11 is 0. The van der Waals surface area contributed by atoms with Crippen molar-refractivity contribution in [3.63, 3.8) is 0 Å². The lowest BCUT2D eigenvalue weighted by atomic mass is 9.90. The number of piperidine rings is 1. The zero-order valence-corrected chi connectivity index (χ0v) is 12.3. The van der Waals surface area contributed by atoms with Crippen molar-refractivity contribution in [1.29, 1.82) is 0 Å². The van der Waals surface area contributed by atoms with Gasteiger partial charge in [0.2, 0.25) is 0 Å². The molecule has 0 saturated carbocycles. The van der Waals surface area contributed by atoms with Gasteiger partial charge in [-0.05, 0) is 51.6 Å². The van der Waals surface area contributed by atoms with E-state index in [4.69, 9.17) is 4.74 Å². The first-order valence-corrected chi connectivity index (χ1v) is 7.79. The molecule has 18 heavy (non-hydrogen) atoms. The highest BCUT2D eigenvalue weighted by Gasteiger charge is 2.35. The van der Waals surface area contributed by atoms with Crippen molar-refractivity contribution in [3.8, 4) is 0 Å². The van der Waals surface area contributed by atoms with E-state index < -0.39 is 0 Å². The van der Waals surface area contributed by atoms with Crippen molar-refractivity contribution >= 4 is 0 Å². The SMILES string of the molecule is CCCNC1CCOCC1N1CCC(C)CC1C. The van der Waals surface area contributed by atoms with Crippen LogP contribution in [0.2, 0.25) is 0 Å². The van der Waals surface area contributed by atoms with Crippen LogP contribution in [0.15, 0.2) is 0 Å². The zero-order chi connectivity index (χ0) is 13.0. The van der Waals surface area contributed by atoms with E-state index >= 15 is 0 Å². The van der Waals surface area contributed by atoms with E-state index in [-0.39, 0.29) is 0 Å². The van der Waals surface area contributed by atoms with E-state index in [9.17, 15) is 0 Å². The molecule has 1 N–H and O–H groups in total. The average Bonchev–Trinajstić information content (AvgIpc) is 2.37. The highest BCUT2D eigenvalue weighted by atomic mass is 16.5. The van der Waals surface area contributed by atoms with Gasteiger partial charge in [-0.15, -0.1) is 0 Å². The monoisotopic (exact) mass is 254 g/mol. The van der Waals surface area contributed by atoms with Gasteiger partial charge in [0.25, 0.3) is 0 Å². The fourth-order valence-corrected chi connectivity index (χ4v) is 3.54. The van der Waals surface area contributed by atoms with Gasteiger partial charge >= 0.3 is 0 Å². The number of hydrogen-bond acceptors (Lipinski definition) is 3. The molecule has 2 rings (SSSR count). The first kappa shape index (κ1) is 14.3. The van der Waals surface area contributed by atoms with Crippen LogP contribution in [-0.2, 0) is 4.74 Å². The summed E-state index contributed by atoms with van der Waals surface area (Å²) in [6.07, 6.45) is 5.08. The van der Waals surface area contributed by atoms with Crippen molar-refractivity contribution in [2.24, 2.45) is 5.92 Å². The van der Waals surface area contributed by atoms with Gasteiger partial charge in [0, 0.05) is 24.7 Å². The van der Waals surface area contributed by atoms with E-state index in [1.165, 1.54) is 32.2 Å². The summed E-state index contributed by atoms with van der Waals surface area (Å²) in [5.41, 5.74) is 0. The van der Waals surface area contributed by atoms with Gasteiger partial charge in [-0.25, -0.2) is 0 Å². The van der Waals surface area contributed by atoms with Crippen molar-refractivity contribution in [1.82, 2.24) is 10.2 Å². The molecule has 0 radical (unpaired) electrons. The molecule has 2 aliphatic heterocycles. The van der Waals surface area contributed by atoms with Gasteiger partial charge in [0.1, 0.15) is 0 Å². The Labute approximate surface area is 112 Å². The van der Waals surface area contributed by atoms with Crippen LogP contribution in [0.1, 0.15) is 46.5 Å². The number of nitrogens with one attached hydrogen (secondary N) is 1. The summed E-state index contributed by atoms with van der Waals surface area (Å²) < 4.78 is 5.74. The molecular weight excluding hydrogens is 224 g/mol. The number of rotatable bonds is 4. The Morgan fingerprint density at radius 2 is 2.11 bits per heavy atom. The summed E-state index contributed by atoms with van der Waals surface area (Å²) in [5.74, 6) is 0.891. The molecule has 2 fully saturated rings. The average molecular weight is 254 g/mol. The summed E-state index contributed by atoms with van der Waals surface area (Å²) in [7, 11) is 0. The maximum atomic E-state index is 5.74. The number of nitrogens with zero attached hydrogens (tertiary/aromatic N) is 1. The van der Waals surface area contributed by atoms with Gasteiger partial charge in [-0.3, -0.25) is 4.90 Å². The summed E-state index contributed by atoms with van der Waals surface area (Å²) in [6.45, 7) is 11.3. The lowest BCUT2D eigenvalue weighted by Gasteiger charge is -2.46. The van der Waals surface area contributed by atoms with E-state index in [1.807, 2.05) is 0 Å². The van der Waals surface area contributed by atoms with Gasteiger partial charge in [-0.1, -0.05) is 13.8 Å². The van der Waals surface area contributed by atoms with Crippen molar-refractivity contribution < 1.29 is 4.74 Å².